The first kappa shape index (κ1) is 21.7. The van der Waals surface area contributed by atoms with Gasteiger partial charge in [0.05, 0.1) is 6.54 Å². The zero-order valence-electron chi connectivity index (χ0n) is 9.52. The second kappa shape index (κ2) is 15.4. The summed E-state index contributed by atoms with van der Waals surface area (Å²) in [5.74, 6) is 4.83. The summed E-state index contributed by atoms with van der Waals surface area (Å²) in [7, 11) is 0. The van der Waals surface area contributed by atoms with Crippen LogP contribution in [0.4, 0.5) is 0 Å². The van der Waals surface area contributed by atoms with E-state index in [1.165, 1.54) is 0 Å². The summed E-state index contributed by atoms with van der Waals surface area (Å²) in [6.07, 6.45) is 0. The summed E-state index contributed by atoms with van der Waals surface area (Å²) < 4.78 is 0. The van der Waals surface area contributed by atoms with Gasteiger partial charge in [-0.25, -0.2) is 11.3 Å². The summed E-state index contributed by atoms with van der Waals surface area (Å²) in [4.78, 5) is 13.7. The van der Waals surface area contributed by atoms with E-state index in [0.29, 0.717) is 5.96 Å². The Bertz CT molecular complexity index is 219. The van der Waals surface area contributed by atoms with Gasteiger partial charge in [-0.2, -0.15) is 0 Å². The van der Waals surface area contributed by atoms with Crippen LogP contribution in [-0.2, 0) is 4.79 Å². The number of halogens is 2. The lowest BCUT2D eigenvalue weighted by atomic mass is 10.7. The van der Waals surface area contributed by atoms with Crippen molar-refractivity contribution in [3.63, 3.8) is 0 Å². The molecule has 104 valence electrons. The van der Waals surface area contributed by atoms with Crippen LogP contribution in [0.5, 0.6) is 0 Å². The summed E-state index contributed by atoms with van der Waals surface area (Å²) in [6, 6.07) is 0. The molecule has 1 rings (SSSR count). The molecule has 8 nitrogen and oxygen atoms in total. The third kappa shape index (κ3) is 15.4. The number of carboxylic acid groups (broad SMARTS) is 1. The monoisotopic (exact) mass is 334 g/mol. The van der Waals surface area contributed by atoms with E-state index in [0.717, 1.165) is 19.6 Å². The average molecular weight is 336 g/mol. The number of nitrogens with one attached hydrogen (secondary N) is 4. The van der Waals surface area contributed by atoms with Crippen molar-refractivity contribution in [1.29, 1.82) is 0 Å². The molecule has 0 fully saturated rings. The molecule has 10 heteroatoms. The van der Waals surface area contributed by atoms with E-state index in [1.807, 2.05) is 6.92 Å². The third-order valence-corrected chi connectivity index (χ3v) is 1.35. The van der Waals surface area contributed by atoms with Gasteiger partial charge in [0.1, 0.15) is 6.54 Å². The normalized spacial score (nSPS) is 11.8. The SMILES string of the molecule is Br.CCNNCC(=O)O.Cl.NNC1=NCCN1. The maximum Gasteiger partial charge on any atom is 0.318 e. The predicted molar refractivity (Wildman–Crippen MR) is 74.5 cm³/mol. The van der Waals surface area contributed by atoms with E-state index < -0.39 is 5.97 Å². The number of hydrogen-bond acceptors (Lipinski definition) is 7. The maximum absolute atomic E-state index is 9.77. The van der Waals surface area contributed by atoms with Gasteiger partial charge in [0.15, 0.2) is 0 Å². The Morgan fingerprint density at radius 2 is 2.24 bits per heavy atom. The smallest absolute Gasteiger partial charge is 0.318 e. The molecule has 7 N–H and O–H groups in total. The molecule has 0 aliphatic carbocycles. The number of aliphatic carboxylic acids is 1. The largest absolute Gasteiger partial charge is 0.480 e. The van der Waals surface area contributed by atoms with Gasteiger partial charge in [0, 0.05) is 13.1 Å². The molecular weight excluding hydrogens is 315 g/mol. The number of guanidine groups is 1. The van der Waals surface area contributed by atoms with E-state index in [4.69, 9.17) is 10.9 Å². The summed E-state index contributed by atoms with van der Waals surface area (Å²) in [5, 5.41) is 11.0. The first-order valence-corrected chi connectivity index (χ1v) is 4.63. The van der Waals surface area contributed by atoms with Gasteiger partial charge in [-0.15, -0.1) is 29.4 Å². The highest BCUT2D eigenvalue weighted by Crippen LogP contribution is 1.76. The van der Waals surface area contributed by atoms with Crippen LogP contribution in [0.15, 0.2) is 4.99 Å². The highest BCUT2D eigenvalue weighted by atomic mass is 79.9. The molecule has 0 unspecified atom stereocenters. The van der Waals surface area contributed by atoms with Gasteiger partial charge in [0.2, 0.25) is 5.96 Å². The molecule has 1 aliphatic rings. The van der Waals surface area contributed by atoms with Gasteiger partial charge < -0.3 is 10.4 Å². The minimum atomic E-state index is -0.856. The van der Waals surface area contributed by atoms with Crippen LogP contribution in [0.1, 0.15) is 6.92 Å². The van der Waals surface area contributed by atoms with Crippen molar-refractivity contribution >= 4 is 41.3 Å². The molecule has 0 amide bonds. The molecule has 0 radical (unpaired) electrons. The molecule has 0 bridgehead atoms. The fraction of sp³-hybridized carbons (Fsp3) is 0.714. The quantitative estimate of drug-likeness (QED) is 0.212. The van der Waals surface area contributed by atoms with Crippen molar-refractivity contribution in [2.24, 2.45) is 10.8 Å². The van der Waals surface area contributed by atoms with Crippen LogP contribution in [0.25, 0.3) is 0 Å². The molecule has 0 spiro atoms. The summed E-state index contributed by atoms with van der Waals surface area (Å²) in [6.45, 7) is 4.31. The van der Waals surface area contributed by atoms with E-state index in [1.54, 1.807) is 0 Å². The lowest BCUT2D eigenvalue weighted by molar-refractivity contribution is -0.136. The molecule has 0 saturated carbocycles. The Balaban J connectivity index is -0.000000207. The van der Waals surface area contributed by atoms with Crippen LogP contribution in [0.3, 0.4) is 0 Å². The number of hydrazine groups is 2. The van der Waals surface area contributed by atoms with Crippen molar-refractivity contribution in [2.75, 3.05) is 26.2 Å². The van der Waals surface area contributed by atoms with Gasteiger partial charge in [-0.1, -0.05) is 6.92 Å². The van der Waals surface area contributed by atoms with Crippen LogP contribution in [0, 0.1) is 0 Å². The van der Waals surface area contributed by atoms with E-state index >= 15 is 0 Å². The van der Waals surface area contributed by atoms with Crippen LogP contribution < -0.4 is 27.4 Å². The summed E-state index contributed by atoms with van der Waals surface area (Å²) >= 11 is 0. The molecule has 0 aromatic heterocycles. The minimum Gasteiger partial charge on any atom is -0.480 e. The highest BCUT2D eigenvalue weighted by molar-refractivity contribution is 8.93. The van der Waals surface area contributed by atoms with Gasteiger partial charge in [-0.05, 0) is 0 Å². The van der Waals surface area contributed by atoms with E-state index in [-0.39, 0.29) is 35.9 Å². The van der Waals surface area contributed by atoms with Crippen molar-refractivity contribution in [3.8, 4) is 0 Å². The molecule has 0 aromatic rings. The first-order valence-electron chi connectivity index (χ1n) is 4.63. The lowest BCUT2D eigenvalue weighted by Gasteiger charge is -1.97. The molecule has 0 aromatic carbocycles. The second-order valence-corrected chi connectivity index (χ2v) is 2.58. The van der Waals surface area contributed by atoms with Crippen molar-refractivity contribution in [3.05, 3.63) is 0 Å². The van der Waals surface area contributed by atoms with Crippen molar-refractivity contribution < 1.29 is 9.90 Å². The molecule has 1 aliphatic heterocycles. The predicted octanol–water partition coefficient (Wildman–Crippen LogP) is -1.41. The molecule has 1 heterocycles. The molecule has 0 atom stereocenters. The van der Waals surface area contributed by atoms with Crippen LogP contribution >= 0.6 is 29.4 Å². The standard InChI is InChI=1S/C4H10N2O2.C3H8N4.BrH.ClH/c1-2-5-6-3-4(7)8;4-7-3-5-1-2-6-3;;/h5-6H,2-3H2,1H3,(H,7,8);1-2,4H2,(H2,5,6,7);2*1H. The zero-order chi connectivity index (χ0) is 11.5. The first-order chi connectivity index (χ1) is 7.20. The van der Waals surface area contributed by atoms with Gasteiger partial charge in [0.25, 0.3) is 0 Å². The van der Waals surface area contributed by atoms with E-state index in [9.17, 15) is 4.79 Å². The Kier molecular flexibility index (Phi) is 19.6. The minimum absolute atomic E-state index is 0. The Labute approximate surface area is 117 Å². The Morgan fingerprint density at radius 3 is 2.53 bits per heavy atom. The molecule has 17 heavy (non-hydrogen) atoms. The van der Waals surface area contributed by atoms with Gasteiger partial charge >= 0.3 is 5.97 Å². The number of nitrogens with zero attached hydrogens (tertiary/aromatic N) is 1. The van der Waals surface area contributed by atoms with Crippen LogP contribution in [-0.4, -0.2) is 43.2 Å². The third-order valence-electron chi connectivity index (χ3n) is 1.35. The molecule has 0 saturated heterocycles. The highest BCUT2D eigenvalue weighted by Gasteiger charge is 1.98. The topological polar surface area (TPSA) is 124 Å². The zero-order valence-corrected chi connectivity index (χ0v) is 12.1. The van der Waals surface area contributed by atoms with E-state index in [2.05, 4.69) is 26.6 Å². The average Bonchev–Trinajstić information content (AvgIpc) is 2.71. The van der Waals surface area contributed by atoms with Crippen molar-refractivity contribution in [2.45, 2.75) is 6.92 Å². The Morgan fingerprint density at radius 1 is 1.59 bits per heavy atom. The summed E-state index contributed by atoms with van der Waals surface area (Å²) in [5.41, 5.74) is 7.54. The number of nitrogens with two attached hydrogens (primary N) is 1. The Hall–Kier alpha value is -0.610. The van der Waals surface area contributed by atoms with Gasteiger partial charge in [-0.3, -0.25) is 20.6 Å². The number of carbonyl (C=O) groups is 1. The second-order valence-electron chi connectivity index (χ2n) is 2.58. The van der Waals surface area contributed by atoms with Crippen LogP contribution in [0.2, 0.25) is 0 Å². The molecular formula is C7H20BrClN6O2. The number of rotatable bonds is 4. The number of hydrogen-bond donors (Lipinski definition) is 6. The maximum atomic E-state index is 9.77. The number of aliphatic imine (C=N–C) groups is 1. The van der Waals surface area contributed by atoms with Crippen molar-refractivity contribution in [1.82, 2.24) is 21.6 Å². The fourth-order valence-corrected chi connectivity index (χ4v) is 0.758. The number of carboxylic acids is 1. The lowest BCUT2D eigenvalue weighted by Crippen LogP contribution is -2.38. The fourth-order valence-electron chi connectivity index (χ4n) is 0.758.